The number of aromatic nitrogens is 4. The molecule has 130 valence electrons. The molecule has 25 heavy (non-hydrogen) atoms. The number of rotatable bonds is 5. The standard InChI is InChI=1S/C17H19N5O3/c1-4-13-18-19-14(25-13)9-22(10(2)3)17(24)15-11-7-5-6-8-12(11)16(23)21-20-15/h5-8,10H,4,9H2,1-3H3,(H,21,23). The maximum atomic E-state index is 13.0. The van der Waals surface area contributed by atoms with E-state index >= 15 is 0 Å². The molecule has 8 nitrogen and oxygen atoms in total. The molecule has 0 bridgehead atoms. The monoisotopic (exact) mass is 341 g/mol. The van der Waals surface area contributed by atoms with Crippen LogP contribution < -0.4 is 5.56 Å². The zero-order valence-electron chi connectivity index (χ0n) is 14.3. The summed E-state index contributed by atoms with van der Waals surface area (Å²) in [5, 5.41) is 15.2. The molecule has 0 atom stereocenters. The minimum atomic E-state index is -0.326. The van der Waals surface area contributed by atoms with Crippen molar-refractivity contribution in [3.63, 3.8) is 0 Å². The van der Waals surface area contributed by atoms with Crippen LogP contribution in [-0.4, -0.2) is 37.2 Å². The fraction of sp³-hybridized carbons (Fsp3) is 0.353. The highest BCUT2D eigenvalue weighted by molar-refractivity contribution is 6.04. The number of aromatic amines is 1. The number of nitrogens with zero attached hydrogens (tertiary/aromatic N) is 4. The molecule has 8 heteroatoms. The van der Waals surface area contributed by atoms with Gasteiger partial charge < -0.3 is 9.32 Å². The molecule has 0 spiro atoms. The van der Waals surface area contributed by atoms with Crippen molar-refractivity contribution in [2.24, 2.45) is 0 Å². The van der Waals surface area contributed by atoms with Gasteiger partial charge in [0.1, 0.15) is 0 Å². The van der Waals surface area contributed by atoms with E-state index < -0.39 is 0 Å². The van der Waals surface area contributed by atoms with Gasteiger partial charge in [-0.1, -0.05) is 25.1 Å². The molecule has 1 N–H and O–H groups in total. The van der Waals surface area contributed by atoms with Crippen LogP contribution in [0.15, 0.2) is 33.5 Å². The maximum Gasteiger partial charge on any atom is 0.275 e. The first kappa shape index (κ1) is 16.8. The number of carbonyl (C=O) groups is 1. The Kier molecular flexibility index (Phi) is 4.60. The maximum absolute atomic E-state index is 13.0. The van der Waals surface area contributed by atoms with Crippen molar-refractivity contribution < 1.29 is 9.21 Å². The first-order valence-electron chi connectivity index (χ1n) is 8.11. The third kappa shape index (κ3) is 3.28. The second-order valence-corrected chi connectivity index (χ2v) is 5.92. The van der Waals surface area contributed by atoms with E-state index in [0.29, 0.717) is 29.0 Å². The van der Waals surface area contributed by atoms with Gasteiger partial charge in [-0.05, 0) is 19.9 Å². The molecule has 2 heterocycles. The summed E-state index contributed by atoms with van der Waals surface area (Å²) in [5.41, 5.74) is -0.133. The summed E-state index contributed by atoms with van der Waals surface area (Å²) in [6.45, 7) is 5.88. The lowest BCUT2D eigenvalue weighted by molar-refractivity contribution is 0.0666. The quantitative estimate of drug-likeness (QED) is 0.760. The SMILES string of the molecule is CCc1nnc(CN(C(=O)c2n[nH]c(=O)c3ccccc23)C(C)C)o1. The summed E-state index contributed by atoms with van der Waals surface area (Å²) in [6.07, 6.45) is 0.634. The second kappa shape index (κ2) is 6.84. The predicted molar refractivity (Wildman–Crippen MR) is 91.0 cm³/mol. The van der Waals surface area contributed by atoms with E-state index in [1.807, 2.05) is 20.8 Å². The fourth-order valence-corrected chi connectivity index (χ4v) is 2.54. The van der Waals surface area contributed by atoms with Crippen LogP contribution in [0.5, 0.6) is 0 Å². The van der Waals surface area contributed by atoms with Crippen LogP contribution in [0.1, 0.15) is 43.0 Å². The van der Waals surface area contributed by atoms with Crippen LogP contribution in [0.3, 0.4) is 0 Å². The van der Waals surface area contributed by atoms with E-state index in [1.165, 1.54) is 0 Å². The number of nitrogens with one attached hydrogen (secondary N) is 1. The third-order valence-electron chi connectivity index (χ3n) is 3.90. The van der Waals surface area contributed by atoms with E-state index in [-0.39, 0.29) is 29.7 Å². The molecule has 2 aromatic heterocycles. The number of hydrogen-bond donors (Lipinski definition) is 1. The summed E-state index contributed by atoms with van der Waals surface area (Å²) in [7, 11) is 0. The number of amides is 1. The number of fused-ring (bicyclic) bond motifs is 1. The van der Waals surface area contributed by atoms with Crippen molar-refractivity contribution in [2.75, 3.05) is 0 Å². The molecule has 0 aliphatic heterocycles. The Morgan fingerprint density at radius 1 is 1.20 bits per heavy atom. The molecule has 0 saturated heterocycles. The molecule has 0 aliphatic carbocycles. The average Bonchev–Trinajstić information content (AvgIpc) is 3.07. The molecule has 1 amide bonds. The number of benzene rings is 1. The lowest BCUT2D eigenvalue weighted by Crippen LogP contribution is -2.37. The highest BCUT2D eigenvalue weighted by Crippen LogP contribution is 2.17. The Morgan fingerprint density at radius 3 is 2.52 bits per heavy atom. The van der Waals surface area contributed by atoms with Gasteiger partial charge in [-0.3, -0.25) is 9.59 Å². The van der Waals surface area contributed by atoms with Crippen LogP contribution in [0, 0.1) is 0 Å². The van der Waals surface area contributed by atoms with Gasteiger partial charge in [-0.25, -0.2) is 5.10 Å². The van der Waals surface area contributed by atoms with Crippen LogP contribution in [0.2, 0.25) is 0 Å². The summed E-state index contributed by atoms with van der Waals surface area (Å²) in [4.78, 5) is 26.5. The summed E-state index contributed by atoms with van der Waals surface area (Å²) in [5.74, 6) is 0.588. The van der Waals surface area contributed by atoms with Gasteiger partial charge in [0.2, 0.25) is 11.8 Å². The van der Waals surface area contributed by atoms with Gasteiger partial charge in [-0.15, -0.1) is 10.2 Å². The molecule has 3 rings (SSSR count). The minimum Gasteiger partial charge on any atom is -0.423 e. The Morgan fingerprint density at radius 2 is 1.88 bits per heavy atom. The molecular formula is C17H19N5O3. The Hall–Kier alpha value is -3.03. The second-order valence-electron chi connectivity index (χ2n) is 5.92. The summed E-state index contributed by atoms with van der Waals surface area (Å²) >= 11 is 0. The Balaban J connectivity index is 1.99. The first-order chi connectivity index (χ1) is 12.0. The van der Waals surface area contributed by atoms with Gasteiger partial charge in [0.05, 0.1) is 11.9 Å². The smallest absolute Gasteiger partial charge is 0.275 e. The zero-order chi connectivity index (χ0) is 18.0. The van der Waals surface area contributed by atoms with E-state index in [9.17, 15) is 9.59 Å². The molecule has 0 saturated carbocycles. The van der Waals surface area contributed by atoms with E-state index in [0.717, 1.165) is 0 Å². The van der Waals surface area contributed by atoms with E-state index in [2.05, 4.69) is 20.4 Å². The predicted octanol–water partition coefficient (Wildman–Crippen LogP) is 1.92. The van der Waals surface area contributed by atoms with Crippen molar-refractivity contribution in [2.45, 2.75) is 39.8 Å². The van der Waals surface area contributed by atoms with Crippen LogP contribution >= 0.6 is 0 Å². The fourth-order valence-electron chi connectivity index (χ4n) is 2.54. The first-order valence-corrected chi connectivity index (χ1v) is 8.11. The van der Waals surface area contributed by atoms with Gasteiger partial charge >= 0.3 is 0 Å². The van der Waals surface area contributed by atoms with Crippen molar-refractivity contribution in [1.29, 1.82) is 0 Å². The highest BCUT2D eigenvalue weighted by Gasteiger charge is 2.25. The average molecular weight is 341 g/mol. The van der Waals surface area contributed by atoms with Crippen molar-refractivity contribution in [3.05, 3.63) is 52.1 Å². The van der Waals surface area contributed by atoms with Crippen molar-refractivity contribution in [3.8, 4) is 0 Å². The number of aryl methyl sites for hydroxylation is 1. The van der Waals surface area contributed by atoms with Crippen molar-refractivity contribution in [1.82, 2.24) is 25.3 Å². The minimum absolute atomic E-state index is 0.114. The number of hydrogen-bond acceptors (Lipinski definition) is 6. The summed E-state index contributed by atoms with van der Waals surface area (Å²) < 4.78 is 5.51. The normalized spacial score (nSPS) is 11.2. The molecule has 0 aliphatic rings. The molecule has 1 aromatic carbocycles. The largest absolute Gasteiger partial charge is 0.423 e. The highest BCUT2D eigenvalue weighted by atomic mass is 16.4. The van der Waals surface area contributed by atoms with Crippen molar-refractivity contribution >= 4 is 16.7 Å². The van der Waals surface area contributed by atoms with Crippen LogP contribution in [0.25, 0.3) is 10.8 Å². The Labute approximate surface area is 143 Å². The number of H-pyrrole nitrogens is 1. The Bertz CT molecular complexity index is 960. The topological polar surface area (TPSA) is 105 Å². The van der Waals surface area contributed by atoms with Crippen LogP contribution in [-0.2, 0) is 13.0 Å². The van der Waals surface area contributed by atoms with Gasteiger partial charge in [0, 0.05) is 17.8 Å². The van der Waals surface area contributed by atoms with Gasteiger partial charge in [0.25, 0.3) is 11.5 Å². The molecule has 0 fully saturated rings. The van der Waals surface area contributed by atoms with E-state index in [1.54, 1.807) is 29.2 Å². The van der Waals surface area contributed by atoms with Crippen LogP contribution in [0.4, 0.5) is 0 Å². The molecule has 0 radical (unpaired) electrons. The number of carbonyl (C=O) groups excluding carboxylic acids is 1. The molecule has 3 aromatic rings. The third-order valence-corrected chi connectivity index (χ3v) is 3.90. The lowest BCUT2D eigenvalue weighted by atomic mass is 10.1. The summed E-state index contributed by atoms with van der Waals surface area (Å²) in [6, 6.07) is 6.78. The lowest BCUT2D eigenvalue weighted by Gasteiger charge is -2.25. The van der Waals surface area contributed by atoms with Gasteiger partial charge in [-0.2, -0.15) is 5.10 Å². The van der Waals surface area contributed by atoms with E-state index in [4.69, 9.17) is 4.42 Å². The zero-order valence-corrected chi connectivity index (χ0v) is 14.3. The van der Waals surface area contributed by atoms with Gasteiger partial charge in [0.15, 0.2) is 5.69 Å². The molecular weight excluding hydrogens is 322 g/mol. The molecule has 0 unspecified atom stereocenters.